The average molecular weight is 284 g/mol. The van der Waals surface area contributed by atoms with Crippen LogP contribution in [0.15, 0.2) is 41.0 Å². The zero-order valence-corrected chi connectivity index (χ0v) is 11.6. The summed E-state index contributed by atoms with van der Waals surface area (Å²) in [6, 6.07) is 8.86. The first-order valence-corrected chi connectivity index (χ1v) is 7.09. The van der Waals surface area contributed by atoms with Crippen LogP contribution in [0, 0.1) is 0 Å². The highest BCUT2D eigenvalue weighted by Gasteiger charge is 2.16. The molecule has 1 aromatic heterocycles. The smallest absolute Gasteiger partial charge is 0.374 e. The van der Waals surface area contributed by atoms with Gasteiger partial charge in [0.25, 0.3) is 0 Å². The Morgan fingerprint density at radius 2 is 1.90 bits per heavy atom. The molecule has 1 aliphatic rings. The van der Waals surface area contributed by atoms with Gasteiger partial charge in [-0.05, 0) is 55.0 Å². The van der Waals surface area contributed by atoms with Crippen molar-refractivity contribution in [3.63, 3.8) is 0 Å². The van der Waals surface area contributed by atoms with E-state index in [-0.39, 0.29) is 18.2 Å². The molecule has 0 bridgehead atoms. The standard InChI is InChI=1S/C17H16O4/c18-15(11-21-17(19)16-6-3-9-20-16)14-8-7-12-4-1-2-5-13(12)10-14/h3,6-10H,1-2,4-5,11H2. The van der Waals surface area contributed by atoms with Gasteiger partial charge in [0, 0.05) is 5.56 Å². The molecule has 1 aromatic carbocycles. The number of Topliss-reactive ketones (excluding diaryl/α,β-unsaturated/α-hetero) is 1. The molecule has 4 heteroatoms. The summed E-state index contributed by atoms with van der Waals surface area (Å²) in [5, 5.41) is 0. The highest BCUT2D eigenvalue weighted by atomic mass is 16.5. The average Bonchev–Trinajstić information content (AvgIpc) is 3.06. The number of fused-ring (bicyclic) bond motifs is 1. The molecule has 0 unspecified atom stereocenters. The molecular formula is C17H16O4. The van der Waals surface area contributed by atoms with Gasteiger partial charge in [-0.25, -0.2) is 4.79 Å². The van der Waals surface area contributed by atoms with Crippen molar-refractivity contribution in [2.75, 3.05) is 6.61 Å². The van der Waals surface area contributed by atoms with E-state index >= 15 is 0 Å². The van der Waals surface area contributed by atoms with Crippen LogP contribution < -0.4 is 0 Å². The molecule has 0 atom stereocenters. The third-order valence-electron chi connectivity index (χ3n) is 3.73. The van der Waals surface area contributed by atoms with Crippen LogP contribution in [0.3, 0.4) is 0 Å². The molecule has 1 aliphatic carbocycles. The second-order valence-electron chi connectivity index (χ2n) is 5.17. The number of ketones is 1. The molecule has 108 valence electrons. The van der Waals surface area contributed by atoms with Crippen LogP contribution in [-0.4, -0.2) is 18.4 Å². The predicted octanol–water partition coefficient (Wildman–Crippen LogP) is 3.20. The normalized spacial score (nSPS) is 13.5. The Labute approximate surface area is 122 Å². The largest absolute Gasteiger partial charge is 0.457 e. The molecule has 0 saturated heterocycles. The van der Waals surface area contributed by atoms with Crippen molar-refractivity contribution in [2.24, 2.45) is 0 Å². The zero-order chi connectivity index (χ0) is 14.7. The molecule has 0 saturated carbocycles. The number of furan rings is 1. The first-order chi connectivity index (χ1) is 10.2. The van der Waals surface area contributed by atoms with Crippen LogP contribution in [0.25, 0.3) is 0 Å². The molecule has 1 heterocycles. The lowest BCUT2D eigenvalue weighted by molar-refractivity contribution is 0.0444. The van der Waals surface area contributed by atoms with E-state index in [1.54, 1.807) is 6.07 Å². The van der Waals surface area contributed by atoms with Crippen molar-refractivity contribution < 1.29 is 18.7 Å². The lowest BCUT2D eigenvalue weighted by atomic mass is 9.90. The summed E-state index contributed by atoms with van der Waals surface area (Å²) in [7, 11) is 0. The maximum atomic E-state index is 12.1. The summed E-state index contributed by atoms with van der Waals surface area (Å²) in [5.41, 5.74) is 3.16. The molecule has 2 aromatic rings. The lowest BCUT2D eigenvalue weighted by Gasteiger charge is -2.16. The van der Waals surface area contributed by atoms with Gasteiger partial charge in [-0.1, -0.05) is 12.1 Å². The molecule has 3 rings (SSSR count). The highest BCUT2D eigenvalue weighted by Crippen LogP contribution is 2.22. The number of carbonyl (C=O) groups is 2. The minimum atomic E-state index is -0.619. The summed E-state index contributed by atoms with van der Waals surface area (Å²) in [5.74, 6) is -0.706. The fourth-order valence-electron chi connectivity index (χ4n) is 2.59. The fraction of sp³-hybridized carbons (Fsp3) is 0.294. The molecule has 0 aliphatic heterocycles. The van der Waals surface area contributed by atoms with Gasteiger partial charge in [0.05, 0.1) is 6.26 Å². The number of esters is 1. The van der Waals surface area contributed by atoms with Gasteiger partial charge in [-0.2, -0.15) is 0 Å². The maximum Gasteiger partial charge on any atom is 0.374 e. The maximum absolute atomic E-state index is 12.1. The molecule has 0 spiro atoms. The lowest BCUT2D eigenvalue weighted by Crippen LogP contribution is -2.14. The van der Waals surface area contributed by atoms with Crippen LogP contribution >= 0.6 is 0 Å². The Balaban J connectivity index is 1.64. The third-order valence-corrected chi connectivity index (χ3v) is 3.73. The summed E-state index contributed by atoms with van der Waals surface area (Å²) < 4.78 is 9.89. The molecular weight excluding hydrogens is 268 g/mol. The first-order valence-electron chi connectivity index (χ1n) is 7.09. The quantitative estimate of drug-likeness (QED) is 0.639. The zero-order valence-electron chi connectivity index (χ0n) is 11.6. The van der Waals surface area contributed by atoms with Crippen molar-refractivity contribution in [2.45, 2.75) is 25.7 Å². The van der Waals surface area contributed by atoms with Crippen LogP contribution in [0.5, 0.6) is 0 Å². The van der Waals surface area contributed by atoms with Crippen molar-refractivity contribution in [3.05, 3.63) is 59.0 Å². The van der Waals surface area contributed by atoms with Crippen molar-refractivity contribution in [1.82, 2.24) is 0 Å². The minimum absolute atomic E-state index is 0.105. The van der Waals surface area contributed by atoms with E-state index in [4.69, 9.17) is 9.15 Å². The number of carbonyl (C=O) groups excluding carboxylic acids is 2. The Bertz CT molecular complexity index is 655. The number of rotatable bonds is 4. The second-order valence-corrected chi connectivity index (χ2v) is 5.17. The Morgan fingerprint density at radius 1 is 1.10 bits per heavy atom. The Kier molecular flexibility index (Phi) is 3.86. The van der Waals surface area contributed by atoms with Gasteiger partial charge in [0.1, 0.15) is 0 Å². The van der Waals surface area contributed by atoms with E-state index in [0.29, 0.717) is 5.56 Å². The van der Waals surface area contributed by atoms with Crippen LogP contribution in [-0.2, 0) is 17.6 Å². The van der Waals surface area contributed by atoms with E-state index in [0.717, 1.165) is 19.3 Å². The van der Waals surface area contributed by atoms with Gasteiger partial charge >= 0.3 is 5.97 Å². The molecule has 0 radical (unpaired) electrons. The highest BCUT2D eigenvalue weighted by molar-refractivity contribution is 5.99. The second kappa shape index (κ2) is 5.95. The molecule has 4 nitrogen and oxygen atoms in total. The van der Waals surface area contributed by atoms with Gasteiger partial charge < -0.3 is 9.15 Å². The number of benzene rings is 1. The molecule has 21 heavy (non-hydrogen) atoms. The van der Waals surface area contributed by atoms with Gasteiger partial charge in [-0.3, -0.25) is 4.79 Å². The first kappa shape index (κ1) is 13.6. The molecule has 0 fully saturated rings. The third kappa shape index (κ3) is 3.05. The number of hydrogen-bond acceptors (Lipinski definition) is 4. The van der Waals surface area contributed by atoms with Crippen molar-refractivity contribution in [1.29, 1.82) is 0 Å². The molecule has 0 amide bonds. The van der Waals surface area contributed by atoms with Crippen molar-refractivity contribution in [3.8, 4) is 0 Å². The summed E-state index contributed by atoms with van der Waals surface area (Å²) in [4.78, 5) is 23.7. The van der Waals surface area contributed by atoms with E-state index in [2.05, 4.69) is 0 Å². The van der Waals surface area contributed by atoms with Crippen molar-refractivity contribution >= 4 is 11.8 Å². The number of aryl methyl sites for hydroxylation is 2. The topological polar surface area (TPSA) is 56.5 Å². The van der Waals surface area contributed by atoms with Crippen LogP contribution in [0.4, 0.5) is 0 Å². The number of ether oxygens (including phenoxy) is 1. The summed E-state index contributed by atoms with van der Waals surface area (Å²) in [6.45, 7) is -0.266. The summed E-state index contributed by atoms with van der Waals surface area (Å²) >= 11 is 0. The van der Waals surface area contributed by atoms with E-state index in [1.165, 1.54) is 29.9 Å². The SMILES string of the molecule is O=C(COC(=O)c1ccco1)c1ccc2c(c1)CCCC2. The fourth-order valence-corrected chi connectivity index (χ4v) is 2.59. The van der Waals surface area contributed by atoms with Gasteiger partial charge in [0.2, 0.25) is 5.76 Å². The van der Waals surface area contributed by atoms with E-state index in [1.807, 2.05) is 18.2 Å². The van der Waals surface area contributed by atoms with Gasteiger partial charge in [0.15, 0.2) is 12.4 Å². The molecule has 0 N–H and O–H groups in total. The van der Waals surface area contributed by atoms with Crippen LogP contribution in [0.1, 0.15) is 44.9 Å². The minimum Gasteiger partial charge on any atom is -0.457 e. The number of hydrogen-bond donors (Lipinski definition) is 0. The monoisotopic (exact) mass is 284 g/mol. The Morgan fingerprint density at radius 3 is 2.67 bits per heavy atom. The van der Waals surface area contributed by atoms with Crippen LogP contribution in [0.2, 0.25) is 0 Å². The van der Waals surface area contributed by atoms with E-state index < -0.39 is 5.97 Å². The van der Waals surface area contributed by atoms with E-state index in [9.17, 15) is 9.59 Å². The predicted molar refractivity (Wildman–Crippen MR) is 76.4 cm³/mol. The summed E-state index contributed by atoms with van der Waals surface area (Å²) in [6.07, 6.45) is 5.86. The van der Waals surface area contributed by atoms with Gasteiger partial charge in [-0.15, -0.1) is 0 Å². The Hall–Kier alpha value is -2.36.